The van der Waals surface area contributed by atoms with Gasteiger partial charge in [-0.25, -0.2) is 9.37 Å². The van der Waals surface area contributed by atoms with E-state index in [9.17, 15) is 9.18 Å². The second kappa shape index (κ2) is 7.42. The smallest absolute Gasteiger partial charge is 0.254 e. The van der Waals surface area contributed by atoms with E-state index >= 15 is 0 Å². The summed E-state index contributed by atoms with van der Waals surface area (Å²) < 4.78 is 14.8. The third-order valence-corrected chi connectivity index (χ3v) is 5.11. The number of ketones is 1. The highest BCUT2D eigenvalue weighted by Gasteiger charge is 2.27. The Balaban J connectivity index is 1.51. The van der Waals surface area contributed by atoms with Crippen molar-refractivity contribution in [3.63, 3.8) is 0 Å². The number of halogens is 1. The molecular weight excluding hydrogens is 345 g/mol. The number of anilines is 1. The second-order valence-corrected chi connectivity index (χ2v) is 6.96. The summed E-state index contributed by atoms with van der Waals surface area (Å²) in [5.74, 6) is 1.34. The number of hydrogen-bond acceptors (Lipinski definition) is 5. The minimum Gasteiger partial charge on any atom is -0.356 e. The summed E-state index contributed by atoms with van der Waals surface area (Å²) in [4.78, 5) is 23.7. The number of piperidine rings is 1. The van der Waals surface area contributed by atoms with Gasteiger partial charge in [-0.2, -0.15) is 14.6 Å². The first-order valence-corrected chi connectivity index (χ1v) is 9.40. The Hall–Kier alpha value is -2.83. The highest BCUT2D eigenvalue weighted by Crippen LogP contribution is 2.26. The standard InChI is InChI=1S/C20H22FN5O/c1-2-3-17-12-18(26-20(24-17)22-13-23-26)25-10-8-15(9-11-25)19(27)14-4-6-16(21)7-5-14/h4-7,12-13,15H,2-3,8-11H2,1H3. The van der Waals surface area contributed by atoms with Crippen LogP contribution in [0.3, 0.4) is 0 Å². The minimum absolute atomic E-state index is 0.0325. The molecule has 0 saturated carbocycles. The van der Waals surface area contributed by atoms with Crippen LogP contribution < -0.4 is 4.90 Å². The predicted octanol–water partition coefficient (Wildman–Crippen LogP) is 3.32. The van der Waals surface area contributed by atoms with Gasteiger partial charge in [-0.3, -0.25) is 4.79 Å². The molecule has 3 aromatic rings. The Kier molecular flexibility index (Phi) is 4.83. The van der Waals surface area contributed by atoms with Gasteiger partial charge in [0.1, 0.15) is 18.0 Å². The van der Waals surface area contributed by atoms with Crippen molar-refractivity contribution >= 4 is 17.4 Å². The summed E-state index contributed by atoms with van der Waals surface area (Å²) in [7, 11) is 0. The first-order chi connectivity index (χ1) is 13.2. The molecule has 2 aromatic heterocycles. The first-order valence-electron chi connectivity index (χ1n) is 9.40. The fourth-order valence-corrected chi connectivity index (χ4v) is 3.67. The van der Waals surface area contributed by atoms with Gasteiger partial charge in [0.15, 0.2) is 5.78 Å². The molecule has 1 saturated heterocycles. The third kappa shape index (κ3) is 3.54. The summed E-state index contributed by atoms with van der Waals surface area (Å²) in [6.45, 7) is 3.66. The molecule has 0 unspecified atom stereocenters. The number of hydrogen-bond donors (Lipinski definition) is 0. The van der Waals surface area contributed by atoms with Crippen molar-refractivity contribution in [2.75, 3.05) is 18.0 Å². The van der Waals surface area contributed by atoms with Crippen LogP contribution in [0, 0.1) is 11.7 Å². The number of Topliss-reactive ketones (excluding diaryl/α,β-unsaturated/α-hetero) is 1. The maximum Gasteiger partial charge on any atom is 0.254 e. The van der Waals surface area contributed by atoms with Crippen molar-refractivity contribution in [1.82, 2.24) is 19.6 Å². The van der Waals surface area contributed by atoms with Crippen LogP contribution >= 0.6 is 0 Å². The van der Waals surface area contributed by atoms with E-state index in [1.54, 1.807) is 16.6 Å². The van der Waals surface area contributed by atoms with Crippen molar-refractivity contribution in [2.24, 2.45) is 5.92 Å². The van der Waals surface area contributed by atoms with Gasteiger partial charge in [-0.1, -0.05) is 13.3 Å². The number of aryl methyl sites for hydroxylation is 1. The Morgan fingerprint density at radius 1 is 1.22 bits per heavy atom. The number of benzene rings is 1. The molecule has 0 radical (unpaired) electrons. The van der Waals surface area contributed by atoms with Crippen molar-refractivity contribution in [2.45, 2.75) is 32.6 Å². The maximum atomic E-state index is 13.1. The van der Waals surface area contributed by atoms with Gasteiger partial charge in [0.05, 0.1) is 0 Å². The van der Waals surface area contributed by atoms with Crippen LogP contribution in [0.2, 0.25) is 0 Å². The molecular formula is C20H22FN5O. The van der Waals surface area contributed by atoms with E-state index in [2.05, 4.69) is 33.0 Å². The van der Waals surface area contributed by atoms with E-state index in [0.717, 1.165) is 50.3 Å². The monoisotopic (exact) mass is 367 g/mol. The molecule has 0 atom stereocenters. The zero-order chi connectivity index (χ0) is 18.8. The molecule has 0 aliphatic carbocycles. The Bertz CT molecular complexity index is 945. The lowest BCUT2D eigenvalue weighted by Gasteiger charge is -2.33. The molecule has 1 fully saturated rings. The van der Waals surface area contributed by atoms with E-state index in [1.165, 1.54) is 18.5 Å². The van der Waals surface area contributed by atoms with Gasteiger partial charge >= 0.3 is 0 Å². The van der Waals surface area contributed by atoms with Crippen molar-refractivity contribution in [3.8, 4) is 0 Å². The van der Waals surface area contributed by atoms with Crippen molar-refractivity contribution in [1.29, 1.82) is 0 Å². The van der Waals surface area contributed by atoms with Gasteiger partial charge < -0.3 is 4.90 Å². The van der Waals surface area contributed by atoms with Crippen LogP contribution in [0.5, 0.6) is 0 Å². The molecule has 140 valence electrons. The zero-order valence-electron chi connectivity index (χ0n) is 15.3. The molecule has 7 heteroatoms. The van der Waals surface area contributed by atoms with Gasteiger partial charge in [-0.15, -0.1) is 0 Å². The molecule has 6 nitrogen and oxygen atoms in total. The average molecular weight is 367 g/mol. The fourth-order valence-electron chi connectivity index (χ4n) is 3.67. The van der Waals surface area contributed by atoms with Crippen LogP contribution in [0.1, 0.15) is 42.2 Å². The van der Waals surface area contributed by atoms with E-state index in [4.69, 9.17) is 0 Å². The van der Waals surface area contributed by atoms with Crippen molar-refractivity contribution in [3.05, 3.63) is 53.7 Å². The summed E-state index contributed by atoms with van der Waals surface area (Å²) >= 11 is 0. The molecule has 0 amide bonds. The Labute approximate surface area is 157 Å². The summed E-state index contributed by atoms with van der Waals surface area (Å²) in [6, 6.07) is 7.91. The lowest BCUT2D eigenvalue weighted by atomic mass is 9.89. The normalized spacial score (nSPS) is 15.4. The van der Waals surface area contributed by atoms with E-state index in [0.29, 0.717) is 11.3 Å². The lowest BCUT2D eigenvalue weighted by Crippen LogP contribution is -2.37. The molecule has 1 aliphatic heterocycles. The van der Waals surface area contributed by atoms with Crippen LogP contribution in [-0.4, -0.2) is 38.5 Å². The van der Waals surface area contributed by atoms with E-state index in [-0.39, 0.29) is 17.5 Å². The molecule has 0 spiro atoms. The fraction of sp³-hybridized carbons (Fsp3) is 0.400. The molecule has 3 heterocycles. The number of aromatic nitrogens is 4. The zero-order valence-corrected chi connectivity index (χ0v) is 15.3. The molecule has 1 aliphatic rings. The molecule has 4 rings (SSSR count). The molecule has 0 N–H and O–H groups in total. The highest BCUT2D eigenvalue weighted by atomic mass is 19.1. The number of rotatable bonds is 5. The summed E-state index contributed by atoms with van der Waals surface area (Å²) in [6.07, 6.45) is 4.96. The largest absolute Gasteiger partial charge is 0.356 e. The lowest BCUT2D eigenvalue weighted by molar-refractivity contribution is 0.0900. The maximum absolute atomic E-state index is 13.1. The van der Waals surface area contributed by atoms with Crippen LogP contribution in [-0.2, 0) is 6.42 Å². The first kappa shape index (κ1) is 17.6. The molecule has 1 aromatic carbocycles. The van der Waals surface area contributed by atoms with Gasteiger partial charge in [0.25, 0.3) is 5.78 Å². The van der Waals surface area contributed by atoms with Crippen LogP contribution in [0.25, 0.3) is 5.78 Å². The predicted molar refractivity (Wildman–Crippen MR) is 100 cm³/mol. The second-order valence-electron chi connectivity index (χ2n) is 6.96. The average Bonchev–Trinajstić information content (AvgIpc) is 3.16. The van der Waals surface area contributed by atoms with Crippen LogP contribution in [0.4, 0.5) is 10.2 Å². The molecule has 27 heavy (non-hydrogen) atoms. The third-order valence-electron chi connectivity index (χ3n) is 5.11. The number of carbonyl (C=O) groups is 1. The SMILES string of the molecule is CCCc1cc(N2CCC(C(=O)c3ccc(F)cc3)CC2)n2ncnc2n1. The van der Waals surface area contributed by atoms with E-state index < -0.39 is 0 Å². The highest BCUT2D eigenvalue weighted by molar-refractivity contribution is 5.97. The van der Waals surface area contributed by atoms with E-state index in [1.807, 2.05) is 0 Å². The topological polar surface area (TPSA) is 63.4 Å². The summed E-state index contributed by atoms with van der Waals surface area (Å²) in [5, 5.41) is 4.30. The van der Waals surface area contributed by atoms with Crippen molar-refractivity contribution < 1.29 is 9.18 Å². The minimum atomic E-state index is -0.321. The number of carbonyl (C=O) groups excluding carboxylic acids is 1. The van der Waals surface area contributed by atoms with Crippen LogP contribution in [0.15, 0.2) is 36.7 Å². The molecule has 0 bridgehead atoms. The quantitative estimate of drug-likeness (QED) is 0.648. The summed E-state index contributed by atoms with van der Waals surface area (Å²) in [5.41, 5.74) is 1.60. The Morgan fingerprint density at radius 3 is 2.67 bits per heavy atom. The van der Waals surface area contributed by atoms with Gasteiger partial charge in [0, 0.05) is 36.3 Å². The van der Waals surface area contributed by atoms with Gasteiger partial charge in [0.2, 0.25) is 0 Å². The number of fused-ring (bicyclic) bond motifs is 1. The Morgan fingerprint density at radius 2 is 1.96 bits per heavy atom. The number of nitrogens with zero attached hydrogens (tertiary/aromatic N) is 5. The van der Waals surface area contributed by atoms with Gasteiger partial charge in [-0.05, 0) is 43.5 Å².